The minimum absolute atomic E-state index is 0. The van der Waals surface area contributed by atoms with Gasteiger partial charge in [-0.2, -0.15) is 6.67 Å². The van der Waals surface area contributed by atoms with Crippen molar-refractivity contribution in [1.29, 1.82) is 0 Å². The van der Waals surface area contributed by atoms with Gasteiger partial charge in [-0.3, -0.25) is 0 Å². The molecule has 3 aromatic heterocycles. The Labute approximate surface area is 285 Å². The molecule has 0 amide bonds. The summed E-state index contributed by atoms with van der Waals surface area (Å²) in [5.74, 6) is 0.871. The summed E-state index contributed by atoms with van der Waals surface area (Å²) in [7, 11) is 2.00. The maximum Gasteiger partial charge on any atom is 0.216 e. The number of fused-ring (bicyclic) bond motifs is 6. The van der Waals surface area contributed by atoms with Crippen molar-refractivity contribution in [3.8, 4) is 11.6 Å². The molecule has 0 atom stereocenters. The molecule has 0 fully saturated rings. The maximum absolute atomic E-state index is 6.61. The van der Waals surface area contributed by atoms with E-state index in [-0.39, 0.29) is 21.1 Å². The Morgan fingerprint density at radius 2 is 1.40 bits per heavy atom. The van der Waals surface area contributed by atoms with Crippen LogP contribution in [-0.2, 0) is 21.1 Å². The summed E-state index contributed by atoms with van der Waals surface area (Å²) in [5.41, 5.74) is 6.10. The zero-order chi connectivity index (χ0) is 30.6. The molecule has 4 heterocycles. The molecule has 0 aliphatic carbocycles. The molecule has 1 aliphatic rings. The van der Waals surface area contributed by atoms with Crippen LogP contribution in [0.3, 0.4) is 0 Å². The van der Waals surface area contributed by atoms with Crippen LogP contribution < -0.4 is 14.5 Å². The quantitative estimate of drug-likeness (QED) is 0.156. The summed E-state index contributed by atoms with van der Waals surface area (Å²) in [6, 6.07) is 43.3. The summed E-state index contributed by atoms with van der Waals surface area (Å²) in [5, 5.41) is 3.87. The van der Waals surface area contributed by atoms with E-state index in [1.54, 1.807) is 6.20 Å². The average Bonchev–Trinajstić information content (AvgIpc) is 3.81. The molecular formula is C39H25N4O3Pt-3. The normalized spacial score (nSPS) is 12.8. The van der Waals surface area contributed by atoms with Crippen LogP contribution in [0.4, 0.5) is 22.7 Å². The molecule has 5 aromatic carbocycles. The zero-order valence-corrected chi connectivity index (χ0v) is 27.3. The number of furan rings is 2. The summed E-state index contributed by atoms with van der Waals surface area (Å²) in [6.45, 7) is 2.02. The number of nitrogens with zero attached hydrogens (tertiary/aromatic N) is 4. The van der Waals surface area contributed by atoms with E-state index in [1.165, 1.54) is 0 Å². The number of anilines is 4. The van der Waals surface area contributed by atoms with Crippen LogP contribution >= 0.6 is 0 Å². The van der Waals surface area contributed by atoms with Crippen molar-refractivity contribution in [2.24, 2.45) is 0 Å². The smallest absolute Gasteiger partial charge is 0.216 e. The number of aromatic nitrogens is 1. The van der Waals surface area contributed by atoms with E-state index in [0.29, 0.717) is 22.8 Å². The van der Waals surface area contributed by atoms with E-state index in [4.69, 9.17) is 13.6 Å². The third kappa shape index (κ3) is 5.00. The zero-order valence-electron chi connectivity index (χ0n) is 25.0. The third-order valence-electron chi connectivity index (χ3n) is 8.11. The van der Waals surface area contributed by atoms with Crippen LogP contribution in [0.25, 0.3) is 43.9 Å². The SMILES string of the molecule is CN1C=CN(c2[c-]c(N(c3[c-]c(Oc4ccccn4)c4oc5ccccc5c4c3)c3ccccc3)c3oc4ccccc4c3c2)[CH-]1.[Pt]. The summed E-state index contributed by atoms with van der Waals surface area (Å²) < 4.78 is 19.4. The molecule has 9 rings (SSSR count). The second kappa shape index (κ2) is 11.7. The van der Waals surface area contributed by atoms with Crippen molar-refractivity contribution in [3.05, 3.63) is 147 Å². The maximum atomic E-state index is 6.61. The average molecular weight is 793 g/mol. The van der Waals surface area contributed by atoms with Gasteiger partial charge in [0.1, 0.15) is 11.2 Å². The van der Waals surface area contributed by atoms with Gasteiger partial charge in [0.15, 0.2) is 0 Å². The van der Waals surface area contributed by atoms with Gasteiger partial charge in [-0.15, -0.1) is 30.0 Å². The predicted molar refractivity (Wildman–Crippen MR) is 181 cm³/mol. The number of hydrogen-bond acceptors (Lipinski definition) is 7. The van der Waals surface area contributed by atoms with E-state index >= 15 is 0 Å². The van der Waals surface area contributed by atoms with E-state index in [9.17, 15) is 0 Å². The van der Waals surface area contributed by atoms with Crippen molar-refractivity contribution in [2.45, 2.75) is 0 Å². The van der Waals surface area contributed by atoms with Gasteiger partial charge in [-0.1, -0.05) is 77.1 Å². The topological polar surface area (TPSA) is 58.1 Å². The molecule has 0 saturated heterocycles. The van der Waals surface area contributed by atoms with Crippen LogP contribution in [0, 0.1) is 18.8 Å². The van der Waals surface area contributed by atoms with Gasteiger partial charge in [0.2, 0.25) is 5.88 Å². The first kappa shape index (κ1) is 28.9. The number of hydrogen-bond donors (Lipinski definition) is 0. The Bertz CT molecular complexity index is 2420. The number of benzene rings is 5. The number of ether oxygens (including phenoxy) is 1. The van der Waals surface area contributed by atoms with Gasteiger partial charge in [0.05, 0.1) is 11.3 Å². The van der Waals surface area contributed by atoms with Gasteiger partial charge in [-0.05, 0) is 55.5 Å². The van der Waals surface area contributed by atoms with Crippen molar-refractivity contribution < 1.29 is 34.6 Å². The molecule has 0 radical (unpaired) electrons. The molecular weight excluding hydrogens is 768 g/mol. The first-order valence-electron chi connectivity index (χ1n) is 14.9. The molecule has 0 N–H and O–H groups in total. The predicted octanol–water partition coefficient (Wildman–Crippen LogP) is 10.1. The van der Waals surface area contributed by atoms with Crippen molar-refractivity contribution in [2.75, 3.05) is 16.8 Å². The minimum atomic E-state index is 0. The monoisotopic (exact) mass is 792 g/mol. The minimum Gasteiger partial charge on any atom is -0.513 e. The molecule has 0 bridgehead atoms. The molecule has 8 heteroatoms. The van der Waals surface area contributed by atoms with Crippen LogP contribution in [0.1, 0.15) is 0 Å². The molecule has 0 saturated carbocycles. The first-order chi connectivity index (χ1) is 22.7. The van der Waals surface area contributed by atoms with Crippen molar-refractivity contribution in [1.82, 2.24) is 9.88 Å². The fourth-order valence-corrected chi connectivity index (χ4v) is 6.02. The number of para-hydroxylation sites is 3. The Kier molecular flexibility index (Phi) is 7.19. The van der Waals surface area contributed by atoms with Crippen molar-refractivity contribution in [3.63, 3.8) is 0 Å². The van der Waals surface area contributed by atoms with E-state index in [1.807, 2.05) is 104 Å². The Morgan fingerprint density at radius 1 is 0.723 bits per heavy atom. The van der Waals surface area contributed by atoms with Gasteiger partial charge < -0.3 is 28.3 Å². The second-order valence-electron chi connectivity index (χ2n) is 11.1. The van der Waals surface area contributed by atoms with Crippen LogP contribution in [0.2, 0.25) is 0 Å². The fourth-order valence-electron chi connectivity index (χ4n) is 6.02. The van der Waals surface area contributed by atoms with Gasteiger partial charge in [0, 0.05) is 55.4 Å². The molecule has 8 aromatic rings. The van der Waals surface area contributed by atoms with Gasteiger partial charge in [-0.25, -0.2) is 4.98 Å². The number of rotatable bonds is 6. The standard InChI is InChI=1S/C39H25N4O3.Pt/c1-41-19-20-42(25-41)27-21-31-29-13-5-7-15-34(29)45-38(31)33(23-27)43(26-11-3-2-4-12-26)28-22-32-30-14-6-8-16-35(30)46-39(32)36(24-28)44-37-17-9-10-18-40-37;/h2-22,25H,1H3;/q-3;. The Morgan fingerprint density at radius 3 is 2.11 bits per heavy atom. The molecule has 232 valence electrons. The van der Waals surface area contributed by atoms with Gasteiger partial charge in [0.25, 0.3) is 0 Å². The largest absolute Gasteiger partial charge is 0.513 e. The van der Waals surface area contributed by atoms with Crippen molar-refractivity contribution >= 4 is 66.6 Å². The summed E-state index contributed by atoms with van der Waals surface area (Å²) in [4.78, 5) is 10.6. The van der Waals surface area contributed by atoms with Crippen LogP contribution in [0.5, 0.6) is 11.6 Å². The second-order valence-corrected chi connectivity index (χ2v) is 11.1. The van der Waals surface area contributed by atoms with E-state index in [0.717, 1.165) is 55.5 Å². The molecule has 47 heavy (non-hydrogen) atoms. The van der Waals surface area contributed by atoms with Crippen LogP contribution in [-0.4, -0.2) is 16.9 Å². The first-order valence-corrected chi connectivity index (χ1v) is 14.9. The van der Waals surface area contributed by atoms with E-state index in [2.05, 4.69) is 63.3 Å². The van der Waals surface area contributed by atoms with Gasteiger partial charge >= 0.3 is 0 Å². The fraction of sp³-hybridized carbons (Fsp3) is 0.0256. The van der Waals surface area contributed by atoms with E-state index < -0.39 is 0 Å². The molecule has 0 unspecified atom stereocenters. The molecule has 7 nitrogen and oxygen atoms in total. The third-order valence-corrected chi connectivity index (χ3v) is 8.11. The molecule has 1 aliphatic heterocycles. The Balaban J connectivity index is 0.00000324. The number of pyridine rings is 1. The van der Waals surface area contributed by atoms with Crippen LogP contribution in [0.15, 0.2) is 137 Å². The molecule has 0 spiro atoms. The summed E-state index contributed by atoms with van der Waals surface area (Å²) in [6.07, 6.45) is 5.73. The Hall–Kier alpha value is -5.52. The summed E-state index contributed by atoms with van der Waals surface area (Å²) >= 11 is 0.